The van der Waals surface area contributed by atoms with Crippen LogP contribution in [0.2, 0.25) is 5.02 Å². The Bertz CT molecular complexity index is 997. The molecule has 0 saturated carbocycles. The van der Waals surface area contributed by atoms with E-state index in [1.807, 2.05) is 20.8 Å². The van der Waals surface area contributed by atoms with Crippen molar-refractivity contribution in [2.24, 2.45) is 5.84 Å². The number of hydrogen-bond donors (Lipinski definition) is 3. The first-order valence-electron chi connectivity index (χ1n) is 8.18. The number of nitrogen functional groups attached to an aromatic ring is 1. The molecule has 0 unspecified atom stereocenters. The highest BCUT2D eigenvalue weighted by Gasteiger charge is 2.27. The van der Waals surface area contributed by atoms with Crippen LogP contribution < -0.4 is 11.3 Å². The smallest absolute Gasteiger partial charge is 0.265 e. The van der Waals surface area contributed by atoms with Crippen molar-refractivity contribution in [3.8, 4) is 11.4 Å². The summed E-state index contributed by atoms with van der Waals surface area (Å²) in [7, 11) is 0. The minimum Gasteiger partial charge on any atom is -0.505 e. The highest BCUT2D eigenvalue weighted by atomic mass is 35.5. The van der Waals surface area contributed by atoms with E-state index in [9.17, 15) is 9.90 Å². The summed E-state index contributed by atoms with van der Waals surface area (Å²) in [4.78, 5) is 13.4. The molecule has 1 amide bonds. The maximum Gasteiger partial charge on any atom is 0.265 e. The number of carbonyl (C=O) groups excluding carboxylic acids is 1. The molecule has 136 valence electrons. The number of aromatic nitrogens is 3. The van der Waals surface area contributed by atoms with Gasteiger partial charge in [0.15, 0.2) is 0 Å². The van der Waals surface area contributed by atoms with Gasteiger partial charge in [0.25, 0.3) is 5.91 Å². The normalized spacial score (nSPS) is 11.7. The van der Waals surface area contributed by atoms with E-state index in [1.54, 1.807) is 24.3 Å². The summed E-state index contributed by atoms with van der Waals surface area (Å²) < 4.78 is 0. The van der Waals surface area contributed by atoms with Crippen LogP contribution in [0, 0.1) is 0 Å². The van der Waals surface area contributed by atoms with Crippen LogP contribution in [-0.4, -0.2) is 26.0 Å². The quantitative estimate of drug-likeness (QED) is 0.370. The standard InChI is InChI=1S/C18H20ClN5O2/c1-4-18(2,3)12-7-10(17(26)21-20)8-15(16(12)25)24-22-13-6-5-11(19)9-14(13)23-24/h5-9,25H,4,20H2,1-3H3,(H,21,26). The van der Waals surface area contributed by atoms with E-state index in [2.05, 4.69) is 15.6 Å². The first-order valence-corrected chi connectivity index (χ1v) is 8.56. The Morgan fingerprint density at radius 3 is 2.62 bits per heavy atom. The van der Waals surface area contributed by atoms with Gasteiger partial charge >= 0.3 is 0 Å². The van der Waals surface area contributed by atoms with E-state index in [4.69, 9.17) is 17.4 Å². The van der Waals surface area contributed by atoms with Gasteiger partial charge in [-0.2, -0.15) is 0 Å². The molecule has 0 spiro atoms. The van der Waals surface area contributed by atoms with Gasteiger partial charge in [-0.1, -0.05) is 32.4 Å². The van der Waals surface area contributed by atoms with Crippen LogP contribution in [0.15, 0.2) is 30.3 Å². The summed E-state index contributed by atoms with van der Waals surface area (Å²) >= 11 is 6.00. The molecule has 1 aromatic heterocycles. The van der Waals surface area contributed by atoms with E-state index in [0.29, 0.717) is 32.9 Å². The molecule has 1 heterocycles. The zero-order valence-electron chi connectivity index (χ0n) is 14.7. The second-order valence-electron chi connectivity index (χ2n) is 6.72. The number of phenols is 1. The number of benzene rings is 2. The van der Waals surface area contributed by atoms with Crippen LogP contribution in [0.1, 0.15) is 43.1 Å². The maximum atomic E-state index is 12.1. The summed E-state index contributed by atoms with van der Waals surface area (Å²) in [5.74, 6) is 4.85. The third kappa shape index (κ3) is 3.11. The fraction of sp³-hybridized carbons (Fsp3) is 0.278. The largest absolute Gasteiger partial charge is 0.505 e. The van der Waals surface area contributed by atoms with Gasteiger partial charge in [-0.15, -0.1) is 15.0 Å². The van der Waals surface area contributed by atoms with Gasteiger partial charge in [0.2, 0.25) is 0 Å². The second kappa shape index (κ2) is 6.59. The molecule has 0 saturated heterocycles. The lowest BCUT2D eigenvalue weighted by Gasteiger charge is -2.26. The van der Waals surface area contributed by atoms with Crippen molar-refractivity contribution in [2.75, 3.05) is 0 Å². The molecule has 7 nitrogen and oxygen atoms in total. The number of rotatable bonds is 4. The third-order valence-corrected chi connectivity index (χ3v) is 4.89. The van der Waals surface area contributed by atoms with E-state index < -0.39 is 5.91 Å². The summed E-state index contributed by atoms with van der Waals surface area (Å²) in [6.45, 7) is 5.99. The minimum atomic E-state index is -0.459. The van der Waals surface area contributed by atoms with Gasteiger partial charge in [0, 0.05) is 16.1 Å². The van der Waals surface area contributed by atoms with E-state index >= 15 is 0 Å². The fourth-order valence-electron chi connectivity index (χ4n) is 2.69. The second-order valence-corrected chi connectivity index (χ2v) is 7.16. The van der Waals surface area contributed by atoms with Gasteiger partial charge < -0.3 is 5.11 Å². The third-order valence-electron chi connectivity index (χ3n) is 4.65. The zero-order chi connectivity index (χ0) is 19.1. The van der Waals surface area contributed by atoms with Crippen LogP contribution >= 0.6 is 11.6 Å². The van der Waals surface area contributed by atoms with Crippen molar-refractivity contribution < 1.29 is 9.90 Å². The van der Waals surface area contributed by atoms with Crippen LogP contribution in [0.4, 0.5) is 0 Å². The number of hydrogen-bond acceptors (Lipinski definition) is 5. The molecule has 0 bridgehead atoms. The van der Waals surface area contributed by atoms with E-state index in [-0.39, 0.29) is 11.2 Å². The highest BCUT2D eigenvalue weighted by molar-refractivity contribution is 6.31. The molecule has 26 heavy (non-hydrogen) atoms. The summed E-state index contributed by atoms with van der Waals surface area (Å²) in [6, 6.07) is 8.29. The van der Waals surface area contributed by atoms with Crippen LogP contribution in [0.3, 0.4) is 0 Å². The molecule has 0 atom stereocenters. The number of fused-ring (bicyclic) bond motifs is 1. The average molecular weight is 374 g/mol. The molecule has 0 fully saturated rings. The molecule has 2 aromatic carbocycles. The predicted molar refractivity (Wildman–Crippen MR) is 101 cm³/mol. The Labute approximate surface area is 155 Å². The Balaban J connectivity index is 2.27. The molecule has 3 aromatic rings. The van der Waals surface area contributed by atoms with Gasteiger partial charge in [-0.05, 0) is 42.2 Å². The number of nitrogens with one attached hydrogen (secondary N) is 1. The number of phenolic OH excluding ortho intramolecular Hbond substituents is 1. The van der Waals surface area contributed by atoms with Gasteiger partial charge in [0.1, 0.15) is 22.5 Å². The molecule has 0 aliphatic heterocycles. The van der Waals surface area contributed by atoms with E-state index in [0.717, 1.165) is 6.42 Å². The minimum absolute atomic E-state index is 0.0248. The maximum absolute atomic E-state index is 12.1. The molecular formula is C18H20ClN5O2. The fourth-order valence-corrected chi connectivity index (χ4v) is 2.85. The van der Waals surface area contributed by atoms with Gasteiger partial charge in [0.05, 0.1) is 0 Å². The van der Waals surface area contributed by atoms with Crippen LogP contribution in [-0.2, 0) is 5.41 Å². The molecule has 3 rings (SSSR count). The molecule has 0 radical (unpaired) electrons. The lowest BCUT2D eigenvalue weighted by molar-refractivity contribution is 0.0953. The van der Waals surface area contributed by atoms with Crippen LogP contribution in [0.5, 0.6) is 5.75 Å². The van der Waals surface area contributed by atoms with Gasteiger partial charge in [-0.3, -0.25) is 10.2 Å². The number of carbonyl (C=O) groups is 1. The summed E-state index contributed by atoms with van der Waals surface area (Å²) in [5, 5.41) is 20.2. The van der Waals surface area contributed by atoms with Crippen molar-refractivity contribution in [3.63, 3.8) is 0 Å². The number of halogens is 1. The lowest BCUT2D eigenvalue weighted by atomic mass is 9.80. The number of nitrogens with two attached hydrogens (primary N) is 1. The highest BCUT2D eigenvalue weighted by Crippen LogP contribution is 2.38. The average Bonchev–Trinajstić information content (AvgIpc) is 3.03. The SMILES string of the molecule is CCC(C)(C)c1cc(C(=O)NN)cc(-n2nc3ccc(Cl)cc3n2)c1O. The molecule has 0 aliphatic rings. The number of aromatic hydroxyl groups is 1. The lowest BCUT2D eigenvalue weighted by Crippen LogP contribution is -2.30. The van der Waals surface area contributed by atoms with Crippen molar-refractivity contribution in [2.45, 2.75) is 32.6 Å². The number of hydrazine groups is 1. The summed E-state index contributed by atoms with van der Waals surface area (Å²) in [5.41, 5.74) is 4.21. The predicted octanol–water partition coefficient (Wildman–Crippen LogP) is 3.07. The Kier molecular flexibility index (Phi) is 4.60. The Morgan fingerprint density at radius 2 is 1.96 bits per heavy atom. The number of amides is 1. The Hall–Kier alpha value is -2.64. The molecular weight excluding hydrogens is 354 g/mol. The summed E-state index contributed by atoms with van der Waals surface area (Å²) in [6.07, 6.45) is 0.762. The van der Waals surface area contributed by atoms with Crippen LogP contribution in [0.25, 0.3) is 16.7 Å². The van der Waals surface area contributed by atoms with Crippen molar-refractivity contribution in [3.05, 3.63) is 46.5 Å². The monoisotopic (exact) mass is 373 g/mol. The topological polar surface area (TPSA) is 106 Å². The van der Waals surface area contributed by atoms with Crippen molar-refractivity contribution in [1.82, 2.24) is 20.4 Å². The van der Waals surface area contributed by atoms with E-state index in [1.165, 1.54) is 10.9 Å². The number of nitrogens with zero attached hydrogens (tertiary/aromatic N) is 3. The van der Waals surface area contributed by atoms with Crippen molar-refractivity contribution >= 4 is 28.5 Å². The Morgan fingerprint density at radius 1 is 1.27 bits per heavy atom. The first-order chi connectivity index (χ1) is 12.3. The first kappa shape index (κ1) is 18.2. The molecule has 8 heteroatoms. The zero-order valence-corrected chi connectivity index (χ0v) is 15.5. The molecule has 4 N–H and O–H groups in total. The molecule has 0 aliphatic carbocycles. The van der Waals surface area contributed by atoms with Gasteiger partial charge in [-0.25, -0.2) is 5.84 Å². The van der Waals surface area contributed by atoms with Crippen molar-refractivity contribution in [1.29, 1.82) is 0 Å².